The molecule has 13 heavy (non-hydrogen) atoms. The zero-order valence-corrected chi connectivity index (χ0v) is 9.13. The van der Waals surface area contributed by atoms with Crippen molar-refractivity contribution in [2.45, 2.75) is 58.5 Å². The zero-order chi connectivity index (χ0) is 10.1. The molecule has 0 aliphatic heterocycles. The van der Waals surface area contributed by atoms with Crippen molar-refractivity contribution >= 4 is 0 Å². The largest absolute Gasteiger partial charge is 0.393 e. The molecule has 2 nitrogen and oxygen atoms in total. The van der Waals surface area contributed by atoms with Crippen molar-refractivity contribution in [3.8, 4) is 0 Å². The molecule has 0 aliphatic carbocycles. The molecule has 0 aromatic rings. The van der Waals surface area contributed by atoms with Crippen LogP contribution in [0.25, 0.3) is 0 Å². The maximum absolute atomic E-state index is 9.39. The Kier molecular flexibility index (Phi) is 8.46. The van der Waals surface area contributed by atoms with E-state index < -0.39 is 0 Å². The van der Waals surface area contributed by atoms with Crippen LogP contribution in [0.4, 0.5) is 0 Å². The van der Waals surface area contributed by atoms with Gasteiger partial charge >= 0.3 is 0 Å². The highest BCUT2D eigenvalue weighted by atomic mass is 16.3. The van der Waals surface area contributed by atoms with Crippen LogP contribution in [0.2, 0.25) is 0 Å². The SMILES string of the molecule is CCC(C)CCCCC(O)CCN. The highest BCUT2D eigenvalue weighted by Gasteiger charge is 2.03. The molecular formula is C11H25NO. The molecule has 0 saturated carbocycles. The Balaban J connectivity index is 3.15. The molecule has 0 aromatic carbocycles. The van der Waals surface area contributed by atoms with Crippen LogP contribution in [0, 0.1) is 5.92 Å². The normalized spacial score (nSPS) is 15.7. The minimum Gasteiger partial charge on any atom is -0.393 e. The van der Waals surface area contributed by atoms with E-state index in [1.165, 1.54) is 19.3 Å². The van der Waals surface area contributed by atoms with Gasteiger partial charge < -0.3 is 10.8 Å². The second kappa shape index (κ2) is 8.52. The van der Waals surface area contributed by atoms with E-state index in [2.05, 4.69) is 13.8 Å². The van der Waals surface area contributed by atoms with E-state index in [9.17, 15) is 5.11 Å². The van der Waals surface area contributed by atoms with Gasteiger partial charge in [-0.25, -0.2) is 0 Å². The highest BCUT2D eigenvalue weighted by Crippen LogP contribution is 2.13. The van der Waals surface area contributed by atoms with Crippen LogP contribution in [0.5, 0.6) is 0 Å². The lowest BCUT2D eigenvalue weighted by Gasteiger charge is -2.10. The number of nitrogens with two attached hydrogens (primary N) is 1. The third-order valence-electron chi connectivity index (χ3n) is 2.68. The molecule has 3 N–H and O–H groups in total. The summed E-state index contributed by atoms with van der Waals surface area (Å²) in [5.41, 5.74) is 5.34. The lowest BCUT2D eigenvalue weighted by atomic mass is 9.99. The Morgan fingerprint density at radius 3 is 2.31 bits per heavy atom. The number of unbranched alkanes of at least 4 members (excludes halogenated alkanes) is 1. The van der Waals surface area contributed by atoms with Gasteiger partial charge in [-0.05, 0) is 25.3 Å². The second-order valence-electron chi connectivity index (χ2n) is 4.03. The predicted octanol–water partition coefficient (Wildman–Crippen LogP) is 2.30. The molecule has 0 amide bonds. The summed E-state index contributed by atoms with van der Waals surface area (Å²) in [6.07, 6.45) is 6.47. The van der Waals surface area contributed by atoms with Crippen LogP contribution < -0.4 is 5.73 Å². The maximum Gasteiger partial charge on any atom is 0.0552 e. The average molecular weight is 187 g/mol. The van der Waals surface area contributed by atoms with Crippen molar-refractivity contribution in [3.05, 3.63) is 0 Å². The first-order valence-corrected chi connectivity index (χ1v) is 5.58. The Hall–Kier alpha value is -0.0800. The molecule has 80 valence electrons. The van der Waals surface area contributed by atoms with Crippen LogP contribution in [-0.4, -0.2) is 17.8 Å². The molecule has 2 heteroatoms. The minimum atomic E-state index is -0.165. The molecule has 0 fully saturated rings. The Bertz CT molecular complexity index is 106. The fraction of sp³-hybridized carbons (Fsp3) is 1.00. The summed E-state index contributed by atoms with van der Waals surface area (Å²) in [6, 6.07) is 0. The molecular weight excluding hydrogens is 162 g/mol. The molecule has 0 rings (SSSR count). The van der Waals surface area contributed by atoms with Gasteiger partial charge in [0.05, 0.1) is 6.10 Å². The summed E-state index contributed by atoms with van der Waals surface area (Å²) in [5, 5.41) is 9.39. The van der Waals surface area contributed by atoms with Crippen molar-refractivity contribution < 1.29 is 5.11 Å². The summed E-state index contributed by atoms with van der Waals surface area (Å²) in [5.74, 6) is 0.839. The van der Waals surface area contributed by atoms with Crippen LogP contribution in [-0.2, 0) is 0 Å². The molecule has 0 heterocycles. The third-order valence-corrected chi connectivity index (χ3v) is 2.68. The first-order valence-electron chi connectivity index (χ1n) is 5.58. The van der Waals surface area contributed by atoms with Crippen LogP contribution in [0.15, 0.2) is 0 Å². The summed E-state index contributed by atoms with van der Waals surface area (Å²) in [7, 11) is 0. The fourth-order valence-corrected chi connectivity index (χ4v) is 1.41. The van der Waals surface area contributed by atoms with E-state index in [0.717, 1.165) is 25.2 Å². The van der Waals surface area contributed by atoms with Gasteiger partial charge in [0.2, 0.25) is 0 Å². The van der Waals surface area contributed by atoms with Crippen molar-refractivity contribution in [1.82, 2.24) is 0 Å². The van der Waals surface area contributed by atoms with E-state index >= 15 is 0 Å². The van der Waals surface area contributed by atoms with Crippen LogP contribution >= 0.6 is 0 Å². The van der Waals surface area contributed by atoms with E-state index in [1.807, 2.05) is 0 Å². The number of rotatable bonds is 8. The van der Waals surface area contributed by atoms with Crippen LogP contribution in [0.3, 0.4) is 0 Å². The number of aliphatic hydroxyl groups is 1. The van der Waals surface area contributed by atoms with Gasteiger partial charge in [0, 0.05) is 0 Å². The molecule has 2 atom stereocenters. The Morgan fingerprint density at radius 2 is 1.77 bits per heavy atom. The van der Waals surface area contributed by atoms with Gasteiger partial charge in [0.15, 0.2) is 0 Å². The highest BCUT2D eigenvalue weighted by molar-refractivity contribution is 4.57. The number of hydrogen-bond acceptors (Lipinski definition) is 2. The first-order chi connectivity index (χ1) is 6.20. The zero-order valence-electron chi connectivity index (χ0n) is 9.13. The smallest absolute Gasteiger partial charge is 0.0552 e. The van der Waals surface area contributed by atoms with Gasteiger partial charge in [-0.2, -0.15) is 0 Å². The first kappa shape index (κ1) is 12.9. The molecule has 0 spiro atoms. The van der Waals surface area contributed by atoms with Crippen molar-refractivity contribution in [3.63, 3.8) is 0 Å². The topological polar surface area (TPSA) is 46.2 Å². The lowest BCUT2D eigenvalue weighted by molar-refractivity contribution is 0.153. The standard InChI is InChI=1S/C11H25NO/c1-3-10(2)6-4-5-7-11(13)8-9-12/h10-11,13H,3-9,12H2,1-2H3. The quantitative estimate of drug-likeness (QED) is 0.573. The number of aliphatic hydroxyl groups excluding tert-OH is 1. The second-order valence-corrected chi connectivity index (χ2v) is 4.03. The van der Waals surface area contributed by atoms with Gasteiger partial charge in [-0.15, -0.1) is 0 Å². The molecule has 0 aliphatic rings. The fourth-order valence-electron chi connectivity index (χ4n) is 1.41. The summed E-state index contributed by atoms with van der Waals surface area (Å²) in [4.78, 5) is 0. The number of hydrogen-bond donors (Lipinski definition) is 2. The summed E-state index contributed by atoms with van der Waals surface area (Å²) >= 11 is 0. The molecule has 0 radical (unpaired) electrons. The summed E-state index contributed by atoms with van der Waals surface area (Å²) in [6.45, 7) is 5.12. The molecule has 2 unspecified atom stereocenters. The Morgan fingerprint density at radius 1 is 1.15 bits per heavy atom. The summed E-state index contributed by atoms with van der Waals surface area (Å²) < 4.78 is 0. The van der Waals surface area contributed by atoms with Gasteiger partial charge in [0.25, 0.3) is 0 Å². The van der Waals surface area contributed by atoms with E-state index in [0.29, 0.717) is 6.54 Å². The van der Waals surface area contributed by atoms with E-state index in [-0.39, 0.29) is 6.10 Å². The molecule has 0 bridgehead atoms. The molecule has 0 saturated heterocycles. The van der Waals surface area contributed by atoms with Gasteiger partial charge in [0.1, 0.15) is 0 Å². The van der Waals surface area contributed by atoms with E-state index in [4.69, 9.17) is 5.73 Å². The van der Waals surface area contributed by atoms with Gasteiger partial charge in [-0.3, -0.25) is 0 Å². The average Bonchev–Trinajstić information content (AvgIpc) is 2.12. The van der Waals surface area contributed by atoms with Crippen molar-refractivity contribution in [2.24, 2.45) is 11.7 Å². The van der Waals surface area contributed by atoms with Crippen LogP contribution in [0.1, 0.15) is 52.4 Å². The lowest BCUT2D eigenvalue weighted by Crippen LogP contribution is -2.13. The minimum absolute atomic E-state index is 0.165. The third kappa shape index (κ3) is 8.26. The Labute approximate surface area is 82.5 Å². The predicted molar refractivity (Wildman–Crippen MR) is 57.6 cm³/mol. The van der Waals surface area contributed by atoms with Gasteiger partial charge in [-0.1, -0.05) is 39.5 Å². The van der Waals surface area contributed by atoms with Crippen molar-refractivity contribution in [2.75, 3.05) is 6.54 Å². The maximum atomic E-state index is 9.39. The monoisotopic (exact) mass is 187 g/mol. The van der Waals surface area contributed by atoms with Crippen molar-refractivity contribution in [1.29, 1.82) is 0 Å². The van der Waals surface area contributed by atoms with E-state index in [1.54, 1.807) is 0 Å². The molecule has 0 aromatic heterocycles.